The Balaban J connectivity index is 1.60. The van der Waals surface area contributed by atoms with Crippen molar-refractivity contribution in [2.45, 2.75) is 31.8 Å². The van der Waals surface area contributed by atoms with Crippen LogP contribution in [0.5, 0.6) is 17.2 Å². The second-order valence-electron chi connectivity index (χ2n) is 7.89. The molecule has 1 fully saturated rings. The first-order chi connectivity index (χ1) is 16.2. The number of pyridine rings is 1. The molecule has 2 heterocycles. The van der Waals surface area contributed by atoms with E-state index in [1.165, 1.54) is 12.8 Å². The summed E-state index contributed by atoms with van der Waals surface area (Å²) in [7, 11) is 3.10. The Bertz CT molecular complexity index is 1300. The fraction of sp³-hybridized carbons (Fsp3) is 0.292. The number of carbonyl (C=O) groups excluding carboxylic acids is 1. The molecule has 1 aliphatic rings. The molecule has 5 rings (SSSR count). The van der Waals surface area contributed by atoms with E-state index in [1.54, 1.807) is 44.7 Å². The third kappa shape index (κ3) is 3.97. The van der Waals surface area contributed by atoms with Crippen molar-refractivity contribution < 1.29 is 19.0 Å². The van der Waals surface area contributed by atoms with Crippen LogP contribution in [0, 0.1) is 0 Å². The summed E-state index contributed by atoms with van der Waals surface area (Å²) in [6.07, 6.45) is 6.23. The van der Waals surface area contributed by atoms with Crippen molar-refractivity contribution >= 4 is 16.6 Å². The standard InChI is InChI=1S/C24H23N5O4/c1-31-20-11-17-18(12-21(20)32-2)22(25-13-19(17)24-26-28-29-27-24)23(30)14-6-5-9-16(10-14)33-15-7-3-4-8-15/h5-6,9-13,15H,3-4,7-8H2,1-2H3,(H,26,27,28,29). The molecule has 1 aliphatic carbocycles. The average Bonchev–Trinajstić information content (AvgIpc) is 3.57. The fourth-order valence-corrected chi connectivity index (χ4v) is 4.25. The van der Waals surface area contributed by atoms with Gasteiger partial charge in [-0.1, -0.05) is 12.1 Å². The highest BCUT2D eigenvalue weighted by Gasteiger charge is 2.22. The van der Waals surface area contributed by atoms with Crippen molar-refractivity contribution in [3.8, 4) is 28.6 Å². The predicted octanol–water partition coefficient (Wildman–Crippen LogP) is 3.98. The molecule has 168 valence electrons. The molecular weight excluding hydrogens is 422 g/mol. The van der Waals surface area contributed by atoms with Gasteiger partial charge < -0.3 is 14.2 Å². The zero-order chi connectivity index (χ0) is 22.8. The lowest BCUT2D eigenvalue weighted by Crippen LogP contribution is -2.12. The molecule has 0 aliphatic heterocycles. The number of nitrogens with one attached hydrogen (secondary N) is 1. The van der Waals surface area contributed by atoms with Crippen LogP contribution < -0.4 is 14.2 Å². The number of ketones is 1. The number of fused-ring (bicyclic) bond motifs is 1. The van der Waals surface area contributed by atoms with Crippen LogP contribution in [0.25, 0.3) is 22.2 Å². The number of hydrogen-bond donors (Lipinski definition) is 1. The normalized spacial score (nSPS) is 13.9. The van der Waals surface area contributed by atoms with Gasteiger partial charge in [-0.25, -0.2) is 0 Å². The minimum absolute atomic E-state index is 0.209. The van der Waals surface area contributed by atoms with Crippen LogP contribution >= 0.6 is 0 Å². The van der Waals surface area contributed by atoms with Gasteiger partial charge in [-0.05, 0) is 55.2 Å². The van der Waals surface area contributed by atoms with Crippen LogP contribution in [-0.2, 0) is 0 Å². The minimum Gasteiger partial charge on any atom is -0.493 e. The summed E-state index contributed by atoms with van der Waals surface area (Å²) in [6.45, 7) is 0. The van der Waals surface area contributed by atoms with Crippen molar-refractivity contribution in [3.63, 3.8) is 0 Å². The van der Waals surface area contributed by atoms with Crippen LogP contribution in [0.1, 0.15) is 41.7 Å². The van der Waals surface area contributed by atoms with Gasteiger partial charge in [0.05, 0.1) is 20.3 Å². The number of rotatable bonds is 7. The maximum absolute atomic E-state index is 13.6. The van der Waals surface area contributed by atoms with Gasteiger partial charge in [-0.15, -0.1) is 10.2 Å². The van der Waals surface area contributed by atoms with E-state index in [2.05, 4.69) is 25.6 Å². The highest BCUT2D eigenvalue weighted by molar-refractivity contribution is 6.17. The fourth-order valence-electron chi connectivity index (χ4n) is 4.25. The largest absolute Gasteiger partial charge is 0.493 e. The molecule has 0 spiro atoms. The molecule has 1 saturated carbocycles. The molecule has 2 aromatic heterocycles. The summed E-state index contributed by atoms with van der Waals surface area (Å²) in [5.74, 6) is 1.85. The molecular formula is C24H23N5O4. The summed E-state index contributed by atoms with van der Waals surface area (Å²) >= 11 is 0. The number of carbonyl (C=O) groups is 1. The molecule has 0 saturated heterocycles. The molecule has 0 radical (unpaired) electrons. The lowest BCUT2D eigenvalue weighted by atomic mass is 9.98. The summed E-state index contributed by atoms with van der Waals surface area (Å²) in [4.78, 5) is 18.1. The van der Waals surface area contributed by atoms with Gasteiger partial charge >= 0.3 is 0 Å². The van der Waals surface area contributed by atoms with Gasteiger partial charge in [-0.3, -0.25) is 9.78 Å². The van der Waals surface area contributed by atoms with E-state index in [-0.39, 0.29) is 17.6 Å². The number of methoxy groups -OCH3 is 2. The van der Waals surface area contributed by atoms with Gasteiger partial charge in [0.25, 0.3) is 0 Å². The molecule has 0 amide bonds. The highest BCUT2D eigenvalue weighted by atomic mass is 16.5. The smallest absolute Gasteiger partial charge is 0.212 e. The lowest BCUT2D eigenvalue weighted by Gasteiger charge is -2.15. The third-order valence-electron chi connectivity index (χ3n) is 5.89. The maximum Gasteiger partial charge on any atom is 0.212 e. The Morgan fingerprint density at radius 1 is 1.03 bits per heavy atom. The molecule has 1 N–H and O–H groups in total. The molecule has 0 atom stereocenters. The van der Waals surface area contributed by atoms with Crippen molar-refractivity contribution in [1.82, 2.24) is 25.6 Å². The van der Waals surface area contributed by atoms with Crippen LogP contribution in [-0.4, -0.2) is 51.7 Å². The van der Waals surface area contributed by atoms with Crippen molar-refractivity contribution in [3.05, 3.63) is 53.9 Å². The van der Waals surface area contributed by atoms with Crippen LogP contribution in [0.4, 0.5) is 0 Å². The maximum atomic E-state index is 13.6. The number of ether oxygens (including phenoxy) is 3. The van der Waals surface area contributed by atoms with Gasteiger partial charge in [0, 0.05) is 28.1 Å². The van der Waals surface area contributed by atoms with Gasteiger partial charge in [-0.2, -0.15) is 5.21 Å². The van der Waals surface area contributed by atoms with Crippen LogP contribution in [0.3, 0.4) is 0 Å². The van der Waals surface area contributed by atoms with Crippen LogP contribution in [0.2, 0.25) is 0 Å². The molecule has 4 aromatic rings. The Morgan fingerprint density at radius 3 is 2.48 bits per heavy atom. The van der Waals surface area contributed by atoms with Gasteiger partial charge in [0.1, 0.15) is 11.4 Å². The van der Waals surface area contributed by atoms with E-state index in [1.807, 2.05) is 12.1 Å². The SMILES string of the molecule is COc1cc2c(-c3nn[nH]n3)cnc(C(=O)c3cccc(OC4CCCC4)c3)c2cc1OC. The Labute approximate surface area is 190 Å². The lowest BCUT2D eigenvalue weighted by molar-refractivity contribution is 0.103. The second kappa shape index (κ2) is 8.85. The van der Waals surface area contributed by atoms with E-state index in [4.69, 9.17) is 14.2 Å². The van der Waals surface area contributed by atoms with E-state index >= 15 is 0 Å². The number of tetrazole rings is 1. The van der Waals surface area contributed by atoms with Crippen molar-refractivity contribution in [2.75, 3.05) is 14.2 Å². The quantitative estimate of drug-likeness (QED) is 0.425. The van der Waals surface area contributed by atoms with E-state index in [9.17, 15) is 4.79 Å². The van der Waals surface area contributed by atoms with E-state index < -0.39 is 0 Å². The first-order valence-corrected chi connectivity index (χ1v) is 10.8. The molecule has 2 aromatic carbocycles. The molecule has 33 heavy (non-hydrogen) atoms. The number of H-pyrrole nitrogens is 1. The average molecular weight is 445 g/mol. The topological polar surface area (TPSA) is 112 Å². The predicted molar refractivity (Wildman–Crippen MR) is 121 cm³/mol. The molecule has 9 heteroatoms. The number of aromatic nitrogens is 5. The number of aromatic amines is 1. The van der Waals surface area contributed by atoms with Gasteiger partial charge in [0.15, 0.2) is 11.5 Å². The van der Waals surface area contributed by atoms with Gasteiger partial charge in [0.2, 0.25) is 11.6 Å². The first-order valence-electron chi connectivity index (χ1n) is 10.8. The van der Waals surface area contributed by atoms with E-state index in [0.29, 0.717) is 45.0 Å². The second-order valence-corrected chi connectivity index (χ2v) is 7.89. The Kier molecular flexibility index (Phi) is 5.60. The molecule has 0 unspecified atom stereocenters. The zero-order valence-corrected chi connectivity index (χ0v) is 18.4. The van der Waals surface area contributed by atoms with Crippen molar-refractivity contribution in [2.24, 2.45) is 0 Å². The zero-order valence-electron chi connectivity index (χ0n) is 18.4. The molecule has 0 bridgehead atoms. The minimum atomic E-state index is -0.219. The number of benzene rings is 2. The number of hydrogen-bond acceptors (Lipinski definition) is 8. The van der Waals surface area contributed by atoms with Crippen molar-refractivity contribution in [1.29, 1.82) is 0 Å². The Hall–Kier alpha value is -4.01. The number of nitrogens with zero attached hydrogens (tertiary/aromatic N) is 4. The molecule has 9 nitrogen and oxygen atoms in total. The van der Waals surface area contributed by atoms with Crippen LogP contribution in [0.15, 0.2) is 42.6 Å². The summed E-state index contributed by atoms with van der Waals surface area (Å²) in [6, 6.07) is 10.8. The highest BCUT2D eigenvalue weighted by Crippen LogP contribution is 2.37. The monoisotopic (exact) mass is 445 g/mol. The third-order valence-corrected chi connectivity index (χ3v) is 5.89. The first kappa shape index (κ1) is 20.9. The summed E-state index contributed by atoms with van der Waals surface area (Å²) in [5, 5.41) is 15.5. The Morgan fingerprint density at radius 2 is 1.79 bits per heavy atom. The summed E-state index contributed by atoms with van der Waals surface area (Å²) < 4.78 is 17.0. The van der Waals surface area contributed by atoms with E-state index in [0.717, 1.165) is 12.8 Å². The summed E-state index contributed by atoms with van der Waals surface area (Å²) in [5.41, 5.74) is 1.41.